The van der Waals surface area contributed by atoms with Gasteiger partial charge in [0.25, 0.3) is 0 Å². The maximum Gasteiger partial charge on any atom is 0.192 e. The molecule has 0 aromatic heterocycles. The molecule has 0 fully saturated rings. The summed E-state index contributed by atoms with van der Waals surface area (Å²) in [7, 11) is 3.98. The first-order valence-electron chi connectivity index (χ1n) is 8.17. The maximum absolute atomic E-state index is 13.2. The summed E-state index contributed by atoms with van der Waals surface area (Å²) in [6.07, 6.45) is 4.89. The summed E-state index contributed by atoms with van der Waals surface area (Å²) in [5, 5.41) is 0. The lowest BCUT2D eigenvalue weighted by Crippen LogP contribution is -2.22. The van der Waals surface area contributed by atoms with E-state index in [0.29, 0.717) is 0 Å². The normalized spacial score (nSPS) is 17.7. The first-order chi connectivity index (χ1) is 11.6. The second-order valence-corrected chi connectivity index (χ2v) is 6.45. The number of rotatable bonds is 2. The molecule has 2 heteroatoms. The molecule has 0 radical (unpaired) electrons. The van der Waals surface area contributed by atoms with Crippen molar-refractivity contribution in [2.45, 2.75) is 6.42 Å². The van der Waals surface area contributed by atoms with Crippen LogP contribution in [0.2, 0.25) is 0 Å². The molecule has 0 saturated carbocycles. The average Bonchev–Trinajstić information content (AvgIpc) is 2.97. The zero-order chi connectivity index (χ0) is 16.7. The highest BCUT2D eigenvalue weighted by Gasteiger charge is 2.32. The molecule has 0 heterocycles. The van der Waals surface area contributed by atoms with Crippen LogP contribution >= 0.6 is 0 Å². The van der Waals surface area contributed by atoms with Gasteiger partial charge >= 0.3 is 0 Å². The van der Waals surface area contributed by atoms with Crippen molar-refractivity contribution < 1.29 is 4.79 Å². The van der Waals surface area contributed by atoms with E-state index in [1.807, 2.05) is 67.5 Å². The zero-order valence-corrected chi connectivity index (χ0v) is 13.9. The van der Waals surface area contributed by atoms with Crippen LogP contribution in [0.3, 0.4) is 0 Å². The van der Waals surface area contributed by atoms with Crippen molar-refractivity contribution in [3.8, 4) is 0 Å². The molecular formula is C22H19NO. The molecule has 0 spiro atoms. The average molecular weight is 313 g/mol. The lowest BCUT2D eigenvalue weighted by Gasteiger charge is -2.24. The number of fused-ring (bicyclic) bond motifs is 2. The van der Waals surface area contributed by atoms with Crippen LogP contribution < -0.4 is 0 Å². The van der Waals surface area contributed by atoms with E-state index in [1.54, 1.807) is 0 Å². The number of hydrogen-bond acceptors (Lipinski definition) is 2. The van der Waals surface area contributed by atoms with Crippen LogP contribution in [0.25, 0.3) is 11.6 Å². The van der Waals surface area contributed by atoms with Crippen molar-refractivity contribution in [3.63, 3.8) is 0 Å². The highest BCUT2D eigenvalue weighted by molar-refractivity contribution is 6.22. The molecule has 2 aliphatic rings. The standard InChI is InChI=1S/C22H19NO/c1-23(2)21-14-18-17-11-7-6-10-16(17)13-19(18)22(24)20(21)12-15-8-4-3-5-9-15/h3-12,14H,13H2,1-2H3. The second-order valence-electron chi connectivity index (χ2n) is 6.45. The summed E-state index contributed by atoms with van der Waals surface area (Å²) >= 11 is 0. The molecule has 2 aromatic carbocycles. The number of ketones is 1. The third-order valence-corrected chi connectivity index (χ3v) is 4.67. The van der Waals surface area contributed by atoms with E-state index in [1.165, 1.54) is 11.1 Å². The highest BCUT2D eigenvalue weighted by atomic mass is 16.1. The monoisotopic (exact) mass is 313 g/mol. The zero-order valence-electron chi connectivity index (χ0n) is 13.9. The number of hydrogen-bond donors (Lipinski definition) is 0. The molecule has 0 atom stereocenters. The molecule has 24 heavy (non-hydrogen) atoms. The van der Waals surface area contributed by atoms with Gasteiger partial charge < -0.3 is 4.90 Å². The van der Waals surface area contributed by atoms with Gasteiger partial charge in [-0.25, -0.2) is 0 Å². The third kappa shape index (κ3) is 2.31. The van der Waals surface area contributed by atoms with Gasteiger partial charge in [0, 0.05) is 37.4 Å². The predicted molar refractivity (Wildman–Crippen MR) is 98.3 cm³/mol. The molecule has 0 unspecified atom stereocenters. The lowest BCUT2D eigenvalue weighted by atomic mass is 9.88. The van der Waals surface area contributed by atoms with Crippen molar-refractivity contribution in [2.24, 2.45) is 0 Å². The summed E-state index contributed by atoms with van der Waals surface area (Å²) in [5.41, 5.74) is 7.24. The molecule has 0 bridgehead atoms. The molecule has 0 saturated heterocycles. The number of likely N-dealkylation sites (N-methyl/N-ethyl adjacent to an activating group) is 1. The van der Waals surface area contributed by atoms with Gasteiger partial charge in [0.1, 0.15) is 0 Å². The van der Waals surface area contributed by atoms with Crippen molar-refractivity contribution in [2.75, 3.05) is 14.1 Å². The number of carbonyl (C=O) groups is 1. The fraction of sp³-hybridized carbons (Fsp3) is 0.136. The van der Waals surface area contributed by atoms with Gasteiger partial charge in [-0.15, -0.1) is 0 Å². The van der Waals surface area contributed by atoms with E-state index in [4.69, 9.17) is 0 Å². The minimum Gasteiger partial charge on any atom is -0.377 e. The number of Topliss-reactive ketones (excluding diaryl/α,β-unsaturated/α-hetero) is 1. The number of carbonyl (C=O) groups excluding carboxylic acids is 1. The number of nitrogens with zero attached hydrogens (tertiary/aromatic N) is 1. The van der Waals surface area contributed by atoms with E-state index in [9.17, 15) is 4.79 Å². The molecule has 2 aliphatic carbocycles. The first kappa shape index (κ1) is 14.7. The van der Waals surface area contributed by atoms with E-state index < -0.39 is 0 Å². The van der Waals surface area contributed by atoms with E-state index in [0.717, 1.165) is 34.4 Å². The predicted octanol–water partition coefficient (Wildman–Crippen LogP) is 4.11. The summed E-state index contributed by atoms with van der Waals surface area (Å²) in [4.78, 5) is 15.2. The van der Waals surface area contributed by atoms with E-state index in [2.05, 4.69) is 18.2 Å². The Balaban J connectivity index is 1.85. The Kier molecular flexibility index (Phi) is 3.46. The molecule has 0 amide bonds. The maximum atomic E-state index is 13.2. The summed E-state index contributed by atoms with van der Waals surface area (Å²) in [6, 6.07) is 18.3. The van der Waals surface area contributed by atoms with Gasteiger partial charge in [-0.1, -0.05) is 54.6 Å². The Labute approximate surface area is 142 Å². The molecule has 4 rings (SSSR count). The smallest absolute Gasteiger partial charge is 0.192 e. The minimum atomic E-state index is 0.149. The Hall–Kier alpha value is -2.87. The van der Waals surface area contributed by atoms with Crippen molar-refractivity contribution in [3.05, 3.63) is 94.2 Å². The fourth-order valence-electron chi connectivity index (χ4n) is 3.47. The first-order valence-corrected chi connectivity index (χ1v) is 8.17. The topological polar surface area (TPSA) is 20.3 Å². The van der Waals surface area contributed by atoms with Crippen LogP contribution in [0.15, 0.2) is 77.5 Å². The Morgan fingerprint density at radius 3 is 2.42 bits per heavy atom. The summed E-state index contributed by atoms with van der Waals surface area (Å²) in [5.74, 6) is 0.149. The Morgan fingerprint density at radius 1 is 0.958 bits per heavy atom. The Morgan fingerprint density at radius 2 is 1.67 bits per heavy atom. The van der Waals surface area contributed by atoms with Crippen LogP contribution in [-0.2, 0) is 11.2 Å². The van der Waals surface area contributed by atoms with Crippen molar-refractivity contribution in [1.82, 2.24) is 4.90 Å². The number of allylic oxidation sites excluding steroid dienone is 4. The van der Waals surface area contributed by atoms with Gasteiger partial charge in [0.15, 0.2) is 5.78 Å². The van der Waals surface area contributed by atoms with Crippen molar-refractivity contribution >= 4 is 17.4 Å². The van der Waals surface area contributed by atoms with Crippen LogP contribution in [0.4, 0.5) is 0 Å². The molecule has 2 aromatic rings. The largest absolute Gasteiger partial charge is 0.377 e. The van der Waals surface area contributed by atoms with E-state index >= 15 is 0 Å². The summed E-state index contributed by atoms with van der Waals surface area (Å²) in [6.45, 7) is 0. The lowest BCUT2D eigenvalue weighted by molar-refractivity contribution is -0.112. The molecule has 118 valence electrons. The van der Waals surface area contributed by atoms with Crippen LogP contribution in [0.1, 0.15) is 16.7 Å². The fourth-order valence-corrected chi connectivity index (χ4v) is 3.47. The minimum absolute atomic E-state index is 0.149. The Bertz CT molecular complexity index is 914. The SMILES string of the molecule is CN(C)C1=CC2=C(Cc3ccccc32)C(=O)C1=Cc1ccccc1. The number of benzene rings is 2. The van der Waals surface area contributed by atoms with Crippen molar-refractivity contribution in [1.29, 1.82) is 0 Å². The molecule has 2 nitrogen and oxygen atoms in total. The van der Waals surface area contributed by atoms with Gasteiger partial charge in [0.05, 0.1) is 0 Å². The van der Waals surface area contributed by atoms with Gasteiger partial charge in [-0.05, 0) is 34.4 Å². The summed E-state index contributed by atoms with van der Waals surface area (Å²) < 4.78 is 0. The molecular weight excluding hydrogens is 294 g/mol. The second kappa shape index (κ2) is 5.64. The quantitative estimate of drug-likeness (QED) is 0.778. The molecule has 0 aliphatic heterocycles. The third-order valence-electron chi connectivity index (χ3n) is 4.67. The molecule has 0 N–H and O–H groups in total. The van der Waals surface area contributed by atoms with Gasteiger partial charge in [-0.2, -0.15) is 0 Å². The van der Waals surface area contributed by atoms with Gasteiger partial charge in [-0.3, -0.25) is 4.79 Å². The van der Waals surface area contributed by atoms with Crippen LogP contribution in [-0.4, -0.2) is 24.8 Å². The highest BCUT2D eigenvalue weighted by Crippen LogP contribution is 2.41. The van der Waals surface area contributed by atoms with Crippen LogP contribution in [0.5, 0.6) is 0 Å². The van der Waals surface area contributed by atoms with E-state index in [-0.39, 0.29) is 5.78 Å². The van der Waals surface area contributed by atoms with Gasteiger partial charge in [0.2, 0.25) is 0 Å². The van der Waals surface area contributed by atoms with Crippen LogP contribution in [0, 0.1) is 0 Å².